The third kappa shape index (κ3) is 3.44. The van der Waals surface area contributed by atoms with Crippen molar-refractivity contribution in [2.45, 2.75) is 19.4 Å². The van der Waals surface area contributed by atoms with E-state index in [2.05, 4.69) is 74.5 Å². The van der Waals surface area contributed by atoms with E-state index in [0.29, 0.717) is 0 Å². The molecule has 0 amide bonds. The van der Waals surface area contributed by atoms with E-state index in [1.54, 1.807) is 4.52 Å². The van der Waals surface area contributed by atoms with E-state index in [0.717, 1.165) is 48.3 Å². The highest BCUT2D eigenvalue weighted by molar-refractivity contribution is 7.17. The Balaban J connectivity index is 1.47. The van der Waals surface area contributed by atoms with Gasteiger partial charge >= 0.3 is 0 Å². The SMILES string of the molecule is CCc1nc2sc([C@H](c3ccccc3)N3CCN(c4ccccc4)CC3)c(O)n2n1. The highest BCUT2D eigenvalue weighted by atomic mass is 32.1. The third-order valence-corrected chi connectivity index (χ3v) is 6.80. The van der Waals surface area contributed by atoms with Crippen molar-refractivity contribution in [1.29, 1.82) is 0 Å². The number of piperazine rings is 1. The zero-order valence-electron chi connectivity index (χ0n) is 17.0. The highest BCUT2D eigenvalue weighted by Gasteiger charge is 2.31. The Bertz CT molecular complexity index is 1120. The van der Waals surface area contributed by atoms with Crippen LogP contribution in [-0.4, -0.2) is 50.8 Å². The lowest BCUT2D eigenvalue weighted by atomic mass is 10.0. The van der Waals surface area contributed by atoms with Crippen molar-refractivity contribution in [3.05, 3.63) is 76.9 Å². The zero-order valence-corrected chi connectivity index (χ0v) is 17.8. The van der Waals surface area contributed by atoms with Gasteiger partial charge in [-0.15, -0.1) is 5.10 Å². The van der Waals surface area contributed by atoms with Gasteiger partial charge in [-0.2, -0.15) is 4.52 Å². The number of para-hydroxylation sites is 1. The van der Waals surface area contributed by atoms with Crippen LogP contribution in [0.3, 0.4) is 0 Å². The van der Waals surface area contributed by atoms with Crippen LogP contribution in [-0.2, 0) is 6.42 Å². The van der Waals surface area contributed by atoms with E-state index in [-0.39, 0.29) is 11.9 Å². The van der Waals surface area contributed by atoms with Gasteiger partial charge in [0.1, 0.15) is 0 Å². The molecule has 0 radical (unpaired) electrons. The molecule has 4 aromatic rings. The number of thiazole rings is 1. The Labute approximate surface area is 180 Å². The van der Waals surface area contributed by atoms with Crippen LogP contribution in [0.2, 0.25) is 0 Å². The maximum absolute atomic E-state index is 11.0. The van der Waals surface area contributed by atoms with Crippen molar-refractivity contribution >= 4 is 22.0 Å². The van der Waals surface area contributed by atoms with Crippen LogP contribution in [0.5, 0.6) is 5.88 Å². The number of hydrogen-bond donors (Lipinski definition) is 1. The molecule has 1 aliphatic rings. The Morgan fingerprint density at radius 2 is 1.63 bits per heavy atom. The molecule has 1 saturated heterocycles. The molecular formula is C23H25N5OS. The topological polar surface area (TPSA) is 56.9 Å². The van der Waals surface area contributed by atoms with Crippen molar-refractivity contribution in [2.24, 2.45) is 0 Å². The summed E-state index contributed by atoms with van der Waals surface area (Å²) in [6.07, 6.45) is 0.757. The fourth-order valence-electron chi connectivity index (χ4n) is 4.16. The zero-order chi connectivity index (χ0) is 20.5. The number of fused-ring (bicyclic) bond motifs is 1. The largest absolute Gasteiger partial charge is 0.492 e. The van der Waals surface area contributed by atoms with E-state index in [9.17, 15) is 5.11 Å². The summed E-state index contributed by atoms with van der Waals surface area (Å²) >= 11 is 1.54. The maximum atomic E-state index is 11.0. The first-order valence-corrected chi connectivity index (χ1v) is 11.2. The Morgan fingerprint density at radius 1 is 0.967 bits per heavy atom. The summed E-state index contributed by atoms with van der Waals surface area (Å²) in [5, 5.41) is 15.5. The number of aryl methyl sites for hydroxylation is 1. The molecular weight excluding hydrogens is 394 g/mol. The number of benzene rings is 2. The summed E-state index contributed by atoms with van der Waals surface area (Å²) in [6.45, 7) is 5.77. The third-order valence-electron chi connectivity index (χ3n) is 5.72. The average molecular weight is 420 g/mol. The van der Waals surface area contributed by atoms with Crippen LogP contribution in [0.15, 0.2) is 60.7 Å². The number of hydrogen-bond acceptors (Lipinski definition) is 6. The van der Waals surface area contributed by atoms with Gasteiger partial charge in [0.2, 0.25) is 10.8 Å². The van der Waals surface area contributed by atoms with Gasteiger partial charge in [0.25, 0.3) is 0 Å². The molecule has 1 N–H and O–H groups in total. The summed E-state index contributed by atoms with van der Waals surface area (Å²) in [7, 11) is 0. The molecule has 6 nitrogen and oxygen atoms in total. The van der Waals surface area contributed by atoms with Gasteiger partial charge < -0.3 is 10.0 Å². The van der Waals surface area contributed by atoms with E-state index in [4.69, 9.17) is 0 Å². The molecule has 154 valence electrons. The molecule has 1 atom stereocenters. The van der Waals surface area contributed by atoms with E-state index < -0.39 is 0 Å². The van der Waals surface area contributed by atoms with Crippen LogP contribution >= 0.6 is 11.3 Å². The molecule has 0 aliphatic carbocycles. The quantitative estimate of drug-likeness (QED) is 0.530. The predicted octanol–water partition coefficient (Wildman–Crippen LogP) is 3.97. The van der Waals surface area contributed by atoms with Crippen molar-refractivity contribution in [3.8, 4) is 5.88 Å². The van der Waals surface area contributed by atoms with Crippen LogP contribution < -0.4 is 4.90 Å². The van der Waals surface area contributed by atoms with Crippen molar-refractivity contribution in [1.82, 2.24) is 19.5 Å². The second kappa shape index (κ2) is 8.08. The second-order valence-electron chi connectivity index (χ2n) is 7.54. The number of rotatable bonds is 5. The molecule has 0 spiro atoms. The van der Waals surface area contributed by atoms with Crippen LogP contribution in [0, 0.1) is 0 Å². The first kappa shape index (κ1) is 19.1. The molecule has 3 heterocycles. The van der Waals surface area contributed by atoms with Gasteiger partial charge in [-0.25, -0.2) is 4.98 Å². The molecule has 5 rings (SSSR count). The van der Waals surface area contributed by atoms with Gasteiger partial charge in [-0.3, -0.25) is 4.90 Å². The summed E-state index contributed by atoms with van der Waals surface area (Å²) in [6, 6.07) is 21.0. The fraction of sp³-hybridized carbons (Fsp3) is 0.304. The summed E-state index contributed by atoms with van der Waals surface area (Å²) in [5.74, 6) is 0.970. The monoisotopic (exact) mass is 419 g/mol. The smallest absolute Gasteiger partial charge is 0.230 e. The van der Waals surface area contributed by atoms with E-state index in [1.165, 1.54) is 22.6 Å². The number of aromatic nitrogens is 3. The van der Waals surface area contributed by atoms with Gasteiger partial charge in [-0.05, 0) is 17.7 Å². The molecule has 0 bridgehead atoms. The van der Waals surface area contributed by atoms with Gasteiger partial charge in [0.15, 0.2) is 5.82 Å². The first-order chi connectivity index (χ1) is 14.7. The molecule has 30 heavy (non-hydrogen) atoms. The van der Waals surface area contributed by atoms with E-state index in [1.807, 2.05) is 13.0 Å². The minimum Gasteiger partial charge on any atom is -0.492 e. The summed E-state index contributed by atoms with van der Waals surface area (Å²) in [4.78, 5) is 11.1. The number of nitrogens with zero attached hydrogens (tertiary/aromatic N) is 5. The van der Waals surface area contributed by atoms with Crippen molar-refractivity contribution in [3.63, 3.8) is 0 Å². The van der Waals surface area contributed by atoms with Crippen molar-refractivity contribution < 1.29 is 5.11 Å². The predicted molar refractivity (Wildman–Crippen MR) is 120 cm³/mol. The van der Waals surface area contributed by atoms with E-state index >= 15 is 0 Å². The molecule has 2 aromatic carbocycles. The fourth-order valence-corrected chi connectivity index (χ4v) is 5.30. The summed E-state index contributed by atoms with van der Waals surface area (Å²) < 4.78 is 1.59. The molecule has 2 aromatic heterocycles. The lowest BCUT2D eigenvalue weighted by molar-refractivity contribution is 0.211. The Morgan fingerprint density at radius 3 is 2.27 bits per heavy atom. The van der Waals surface area contributed by atoms with Crippen molar-refractivity contribution in [2.75, 3.05) is 31.1 Å². The minimum atomic E-state index is -0.0114. The second-order valence-corrected chi connectivity index (χ2v) is 8.55. The molecule has 0 unspecified atom stereocenters. The number of anilines is 1. The lowest BCUT2D eigenvalue weighted by Crippen LogP contribution is -2.47. The highest BCUT2D eigenvalue weighted by Crippen LogP contribution is 2.40. The minimum absolute atomic E-state index is 0.0114. The molecule has 0 saturated carbocycles. The Hall–Kier alpha value is -2.90. The average Bonchev–Trinajstić information content (AvgIpc) is 3.35. The standard InChI is InChI=1S/C23H25N5OS/c1-2-19-24-23-28(25-19)22(29)21(30-23)20(17-9-5-3-6-10-17)27-15-13-26(14-16-27)18-11-7-4-8-12-18/h3-12,20,29H,2,13-16H2,1H3/t20-/m0/s1. The normalized spacial score (nSPS) is 16.2. The molecule has 1 fully saturated rings. The number of aromatic hydroxyl groups is 1. The summed E-state index contributed by atoms with van der Waals surface area (Å²) in [5.41, 5.74) is 2.45. The molecule has 1 aliphatic heterocycles. The van der Waals surface area contributed by atoms with Crippen LogP contribution in [0.1, 0.15) is 29.2 Å². The van der Waals surface area contributed by atoms with Gasteiger partial charge in [0.05, 0.1) is 10.9 Å². The lowest BCUT2D eigenvalue weighted by Gasteiger charge is -2.40. The van der Waals surface area contributed by atoms with Crippen LogP contribution in [0.4, 0.5) is 5.69 Å². The van der Waals surface area contributed by atoms with Gasteiger partial charge in [-0.1, -0.05) is 66.8 Å². The Kier molecular flexibility index (Phi) is 5.14. The first-order valence-electron chi connectivity index (χ1n) is 10.4. The molecule has 7 heteroatoms. The van der Waals surface area contributed by atoms with Gasteiger partial charge in [0, 0.05) is 38.3 Å². The van der Waals surface area contributed by atoms with Crippen LogP contribution in [0.25, 0.3) is 4.96 Å². The maximum Gasteiger partial charge on any atom is 0.230 e.